The molecule has 0 aliphatic carbocycles. The highest BCUT2D eigenvalue weighted by molar-refractivity contribution is 9.10. The topological polar surface area (TPSA) is 86.7 Å². The number of hydrogen-bond donors (Lipinski definition) is 2. The molecule has 0 saturated carbocycles. The van der Waals surface area contributed by atoms with E-state index in [0.717, 1.165) is 0 Å². The Hall–Kier alpha value is -0.960. The van der Waals surface area contributed by atoms with Gasteiger partial charge in [0.1, 0.15) is 0 Å². The summed E-state index contributed by atoms with van der Waals surface area (Å²) in [7, 11) is 0.0173. The van der Waals surface area contributed by atoms with Crippen LogP contribution in [0.2, 0.25) is 0 Å². The molecule has 21 heavy (non-hydrogen) atoms. The largest absolute Gasteiger partial charge is 0.478 e. The number of carbonyl (C=O) groups is 1. The van der Waals surface area contributed by atoms with E-state index in [4.69, 9.17) is 5.11 Å². The number of likely N-dealkylation sites (N-methyl/N-ethyl adjacent to an activating group) is 1. The van der Waals surface area contributed by atoms with Crippen LogP contribution in [-0.2, 0) is 10.0 Å². The molecule has 0 aliphatic heterocycles. The van der Waals surface area contributed by atoms with Crippen molar-refractivity contribution in [2.45, 2.75) is 24.3 Å². The van der Waals surface area contributed by atoms with Gasteiger partial charge in [0.15, 0.2) is 0 Å². The Morgan fingerprint density at radius 1 is 1.38 bits per heavy atom. The van der Waals surface area contributed by atoms with Gasteiger partial charge < -0.3 is 10.0 Å². The molecule has 8 heteroatoms. The molecule has 0 saturated heterocycles. The Morgan fingerprint density at radius 3 is 2.38 bits per heavy atom. The first-order chi connectivity index (χ1) is 9.47. The van der Waals surface area contributed by atoms with Crippen LogP contribution >= 0.6 is 15.9 Å². The van der Waals surface area contributed by atoms with E-state index in [0.29, 0.717) is 0 Å². The van der Waals surface area contributed by atoms with Gasteiger partial charge in [-0.25, -0.2) is 17.9 Å². The second-order valence-electron chi connectivity index (χ2n) is 5.48. The number of carboxylic acid groups (broad SMARTS) is 1. The lowest BCUT2D eigenvalue weighted by molar-refractivity contribution is 0.0696. The van der Waals surface area contributed by atoms with E-state index in [1.807, 2.05) is 32.8 Å². The molecular weight excluding hydrogens is 360 g/mol. The van der Waals surface area contributed by atoms with E-state index < -0.39 is 16.0 Å². The van der Waals surface area contributed by atoms with Gasteiger partial charge in [0.05, 0.1) is 10.5 Å². The lowest BCUT2D eigenvalue weighted by Gasteiger charge is -2.32. The third-order valence-electron chi connectivity index (χ3n) is 3.37. The molecule has 0 radical (unpaired) electrons. The lowest BCUT2D eigenvalue weighted by atomic mass is 10.1. The second-order valence-corrected chi connectivity index (χ2v) is 8.07. The minimum absolute atomic E-state index is 0.0158. The maximum Gasteiger partial charge on any atom is 0.335 e. The molecule has 0 spiro atoms. The number of rotatable bonds is 6. The van der Waals surface area contributed by atoms with Gasteiger partial charge in [-0.15, -0.1) is 0 Å². The van der Waals surface area contributed by atoms with Crippen molar-refractivity contribution in [2.75, 3.05) is 20.6 Å². The first-order valence-corrected chi connectivity index (χ1v) is 8.45. The van der Waals surface area contributed by atoms with Crippen LogP contribution in [0.25, 0.3) is 0 Å². The van der Waals surface area contributed by atoms with Gasteiger partial charge in [-0.3, -0.25) is 0 Å². The second kappa shape index (κ2) is 6.43. The predicted molar refractivity (Wildman–Crippen MR) is 84.1 cm³/mol. The van der Waals surface area contributed by atoms with Crippen LogP contribution in [0.1, 0.15) is 24.2 Å². The first kappa shape index (κ1) is 18.1. The molecule has 1 aromatic rings. The quantitative estimate of drug-likeness (QED) is 0.787. The highest BCUT2D eigenvalue weighted by Crippen LogP contribution is 2.23. The highest BCUT2D eigenvalue weighted by Gasteiger charge is 2.25. The average molecular weight is 379 g/mol. The number of halogens is 1. The monoisotopic (exact) mass is 378 g/mol. The Kier molecular flexibility index (Phi) is 5.54. The summed E-state index contributed by atoms with van der Waals surface area (Å²) in [5.74, 6) is -1.11. The van der Waals surface area contributed by atoms with Crippen LogP contribution in [0, 0.1) is 0 Å². The molecule has 0 heterocycles. The standard InChI is InChI=1S/C13H19BrN2O4S/c1-13(2,16(3)4)8-15-21(19,20)11-6-5-9(12(17)18)7-10(11)14/h5-7,15H,8H2,1-4H3,(H,17,18). The Morgan fingerprint density at radius 2 is 1.95 bits per heavy atom. The van der Waals surface area contributed by atoms with Crippen molar-refractivity contribution < 1.29 is 18.3 Å². The van der Waals surface area contributed by atoms with Gasteiger partial charge in [0.2, 0.25) is 10.0 Å². The average Bonchev–Trinajstić information content (AvgIpc) is 2.36. The fourth-order valence-corrected chi connectivity index (χ4v) is 3.64. The van der Waals surface area contributed by atoms with Gasteiger partial charge >= 0.3 is 5.97 Å². The molecular formula is C13H19BrN2O4S. The number of nitrogens with zero attached hydrogens (tertiary/aromatic N) is 1. The Balaban J connectivity index is 3.02. The Labute approximate surface area is 133 Å². The van der Waals surface area contributed by atoms with E-state index in [1.165, 1.54) is 18.2 Å². The molecule has 0 aromatic heterocycles. The van der Waals surface area contributed by atoms with E-state index in [2.05, 4.69) is 20.7 Å². The SMILES string of the molecule is CN(C)C(C)(C)CNS(=O)(=O)c1ccc(C(=O)O)cc1Br. The number of nitrogens with one attached hydrogen (secondary N) is 1. The number of sulfonamides is 1. The molecule has 0 aliphatic rings. The summed E-state index contributed by atoms with van der Waals surface area (Å²) in [5.41, 5.74) is -0.324. The van der Waals surface area contributed by atoms with Crippen LogP contribution in [0.15, 0.2) is 27.6 Å². The van der Waals surface area contributed by atoms with Crippen LogP contribution in [0.3, 0.4) is 0 Å². The number of hydrogen-bond acceptors (Lipinski definition) is 4. The molecule has 0 atom stereocenters. The summed E-state index contributed by atoms with van der Waals surface area (Å²) in [6.45, 7) is 4.06. The van der Waals surface area contributed by atoms with Crippen molar-refractivity contribution in [1.82, 2.24) is 9.62 Å². The summed E-state index contributed by atoms with van der Waals surface area (Å²) in [5, 5.41) is 8.88. The summed E-state index contributed by atoms with van der Waals surface area (Å²) < 4.78 is 27.4. The highest BCUT2D eigenvalue weighted by atomic mass is 79.9. The normalized spacial score (nSPS) is 12.7. The van der Waals surface area contributed by atoms with Crippen molar-refractivity contribution in [2.24, 2.45) is 0 Å². The van der Waals surface area contributed by atoms with Crippen molar-refractivity contribution in [3.05, 3.63) is 28.2 Å². The summed E-state index contributed by atoms with van der Waals surface area (Å²) in [4.78, 5) is 12.8. The minimum Gasteiger partial charge on any atom is -0.478 e. The first-order valence-electron chi connectivity index (χ1n) is 6.17. The molecule has 0 fully saturated rings. The van der Waals surface area contributed by atoms with Gasteiger partial charge in [-0.05, 0) is 62.1 Å². The van der Waals surface area contributed by atoms with E-state index >= 15 is 0 Å². The molecule has 6 nitrogen and oxygen atoms in total. The molecule has 1 rings (SSSR count). The molecule has 0 unspecified atom stereocenters. The summed E-state index contributed by atoms with van der Waals surface area (Å²) >= 11 is 3.11. The van der Waals surface area contributed by atoms with Crippen LogP contribution in [-0.4, -0.2) is 50.6 Å². The fourth-order valence-electron chi connectivity index (χ4n) is 1.36. The summed E-state index contributed by atoms with van der Waals surface area (Å²) in [6, 6.07) is 3.81. The van der Waals surface area contributed by atoms with Gasteiger partial charge in [0, 0.05) is 16.6 Å². The van der Waals surface area contributed by atoms with Crippen molar-refractivity contribution >= 4 is 31.9 Å². The van der Waals surface area contributed by atoms with Crippen LogP contribution in [0.4, 0.5) is 0 Å². The van der Waals surface area contributed by atoms with Crippen molar-refractivity contribution in [3.8, 4) is 0 Å². The number of benzene rings is 1. The van der Waals surface area contributed by atoms with Gasteiger partial charge in [0.25, 0.3) is 0 Å². The van der Waals surface area contributed by atoms with Crippen molar-refractivity contribution in [3.63, 3.8) is 0 Å². The third kappa shape index (κ3) is 4.50. The zero-order valence-corrected chi connectivity index (χ0v) is 14.7. The zero-order chi connectivity index (χ0) is 16.4. The third-order valence-corrected chi connectivity index (χ3v) is 5.75. The smallest absolute Gasteiger partial charge is 0.335 e. The maximum absolute atomic E-state index is 12.3. The maximum atomic E-state index is 12.3. The summed E-state index contributed by atoms with van der Waals surface area (Å²) in [6.07, 6.45) is 0. The Bertz CT molecular complexity index is 642. The number of carboxylic acids is 1. The van der Waals surface area contributed by atoms with E-state index in [1.54, 1.807) is 0 Å². The van der Waals surface area contributed by atoms with Crippen molar-refractivity contribution in [1.29, 1.82) is 0 Å². The lowest BCUT2D eigenvalue weighted by Crippen LogP contribution is -2.48. The predicted octanol–water partition coefficient (Wildman–Crippen LogP) is 1.77. The molecule has 2 N–H and O–H groups in total. The molecule has 118 valence electrons. The van der Waals surface area contributed by atoms with Crippen LogP contribution in [0.5, 0.6) is 0 Å². The van der Waals surface area contributed by atoms with Gasteiger partial charge in [-0.2, -0.15) is 0 Å². The molecule has 0 amide bonds. The van der Waals surface area contributed by atoms with Crippen LogP contribution < -0.4 is 4.72 Å². The molecule has 0 bridgehead atoms. The minimum atomic E-state index is -3.72. The zero-order valence-electron chi connectivity index (χ0n) is 12.3. The fraction of sp³-hybridized carbons (Fsp3) is 0.462. The van der Waals surface area contributed by atoms with E-state index in [9.17, 15) is 13.2 Å². The molecule has 1 aromatic carbocycles. The number of aromatic carboxylic acids is 1. The van der Waals surface area contributed by atoms with E-state index in [-0.39, 0.29) is 27.0 Å². The van der Waals surface area contributed by atoms with Gasteiger partial charge in [-0.1, -0.05) is 0 Å².